The number of carbonyl (C=O) groups excluding carboxylic acids is 3. The second-order valence-electron chi connectivity index (χ2n) is 21.7. The minimum absolute atomic E-state index is 0.111. The van der Waals surface area contributed by atoms with E-state index in [9.17, 15) is 14.4 Å². The molecular weight excluding hydrogens is 961 g/mol. The van der Waals surface area contributed by atoms with Gasteiger partial charge in [-0.05, 0) is 109 Å². The van der Waals surface area contributed by atoms with Gasteiger partial charge in [-0.2, -0.15) is 0 Å². The van der Waals surface area contributed by atoms with Gasteiger partial charge in [-0.25, -0.2) is 0 Å². The Bertz CT molecular complexity index is 1570. The number of ether oxygens (including phenoxy) is 3. The van der Waals surface area contributed by atoms with E-state index in [4.69, 9.17) is 14.2 Å². The Labute approximate surface area is 482 Å². The number of hydrogen-bond acceptors (Lipinski definition) is 6. The third kappa shape index (κ3) is 62.9. The van der Waals surface area contributed by atoms with E-state index in [1.54, 1.807) is 6.08 Å². The van der Waals surface area contributed by atoms with Gasteiger partial charge >= 0.3 is 17.9 Å². The van der Waals surface area contributed by atoms with Gasteiger partial charge in [0.05, 0.1) is 6.42 Å². The van der Waals surface area contributed by atoms with Crippen LogP contribution in [0.1, 0.15) is 310 Å². The maximum absolute atomic E-state index is 12.9. The Morgan fingerprint density at radius 2 is 0.551 bits per heavy atom. The summed E-state index contributed by atoms with van der Waals surface area (Å²) < 4.78 is 16.8. The molecule has 0 radical (unpaired) electrons. The van der Waals surface area contributed by atoms with Crippen LogP contribution in [0.2, 0.25) is 0 Å². The molecule has 0 aliphatic carbocycles. The van der Waals surface area contributed by atoms with Crippen molar-refractivity contribution in [2.45, 2.75) is 316 Å². The van der Waals surface area contributed by atoms with Crippen LogP contribution >= 0.6 is 0 Å². The number of allylic oxidation sites excluding steroid dienone is 17. The number of esters is 3. The molecule has 0 rings (SSSR count). The number of carbonyl (C=O) groups is 3. The lowest BCUT2D eigenvalue weighted by Crippen LogP contribution is -2.30. The second kappa shape index (κ2) is 65.6. The highest BCUT2D eigenvalue weighted by molar-refractivity contribution is 5.72. The number of rotatable bonds is 59. The smallest absolute Gasteiger partial charge is 0.309 e. The zero-order valence-electron chi connectivity index (χ0n) is 51.2. The van der Waals surface area contributed by atoms with E-state index in [0.717, 1.165) is 83.5 Å². The van der Waals surface area contributed by atoms with Gasteiger partial charge in [-0.1, -0.05) is 291 Å². The molecular formula is C72H122O6. The second-order valence-corrected chi connectivity index (χ2v) is 21.7. The largest absolute Gasteiger partial charge is 0.462 e. The predicted molar refractivity (Wildman–Crippen MR) is 339 cm³/mol. The van der Waals surface area contributed by atoms with Gasteiger partial charge in [-0.15, -0.1) is 0 Å². The molecule has 0 saturated carbocycles. The molecule has 0 saturated heterocycles. The highest BCUT2D eigenvalue weighted by atomic mass is 16.6. The average molecular weight is 1080 g/mol. The monoisotopic (exact) mass is 1080 g/mol. The topological polar surface area (TPSA) is 78.9 Å². The summed E-state index contributed by atoms with van der Waals surface area (Å²) in [6, 6.07) is 0. The standard InChI is InChI=1S/C72H122O6/c1-4-7-10-13-16-19-22-25-28-30-32-33-34-35-36-37-38-39-40-42-44-47-50-53-56-59-62-65-71(74)77-68-69(67-76-70(73)64-61-58-55-52-49-46-43-27-24-21-18-15-12-9-6-3)78-72(75)66-63-60-57-54-51-48-45-41-31-29-26-23-20-17-14-11-8-5-2/h9,12,18,21-22,25,27,29-32,34-35,43,49,52,58,61,69H,4-8,10-11,13-17,19-20,23-24,26,28,33,36-42,44-48,50-51,53-57,59-60,62-68H2,1-3H3/b12-9-,21-18-,25-22-,31-29-,32-30-,35-34-,43-27-,52-49-,61-58-. The first kappa shape index (κ1) is 74.1. The minimum atomic E-state index is -0.824. The summed E-state index contributed by atoms with van der Waals surface area (Å²) in [7, 11) is 0. The van der Waals surface area contributed by atoms with Crippen LogP contribution in [0.15, 0.2) is 109 Å². The average Bonchev–Trinajstić information content (AvgIpc) is 3.44. The molecule has 0 aromatic carbocycles. The normalized spacial score (nSPS) is 12.8. The van der Waals surface area contributed by atoms with Crippen LogP contribution in [0, 0.1) is 0 Å². The van der Waals surface area contributed by atoms with E-state index in [0.29, 0.717) is 12.8 Å². The lowest BCUT2D eigenvalue weighted by molar-refractivity contribution is -0.166. The molecule has 78 heavy (non-hydrogen) atoms. The molecule has 0 fully saturated rings. The van der Waals surface area contributed by atoms with Gasteiger partial charge in [0.2, 0.25) is 0 Å². The zero-order chi connectivity index (χ0) is 56.4. The van der Waals surface area contributed by atoms with Crippen molar-refractivity contribution in [1.82, 2.24) is 0 Å². The van der Waals surface area contributed by atoms with Crippen LogP contribution < -0.4 is 0 Å². The predicted octanol–water partition coefficient (Wildman–Crippen LogP) is 22.6. The van der Waals surface area contributed by atoms with E-state index in [2.05, 4.69) is 118 Å². The summed E-state index contributed by atoms with van der Waals surface area (Å²) >= 11 is 0. The van der Waals surface area contributed by atoms with Gasteiger partial charge in [0.15, 0.2) is 6.10 Å². The number of unbranched alkanes of at least 4 members (excludes halogenated alkanes) is 31. The van der Waals surface area contributed by atoms with Gasteiger partial charge < -0.3 is 14.2 Å². The first-order valence-corrected chi connectivity index (χ1v) is 32.9. The Balaban J connectivity index is 4.38. The molecule has 1 unspecified atom stereocenters. The minimum Gasteiger partial charge on any atom is -0.462 e. The van der Waals surface area contributed by atoms with Crippen LogP contribution in [-0.4, -0.2) is 37.2 Å². The van der Waals surface area contributed by atoms with Crippen LogP contribution in [-0.2, 0) is 28.6 Å². The fourth-order valence-electron chi connectivity index (χ4n) is 9.11. The Morgan fingerprint density at radius 1 is 0.282 bits per heavy atom. The van der Waals surface area contributed by atoms with Crippen molar-refractivity contribution in [3.8, 4) is 0 Å². The van der Waals surface area contributed by atoms with Crippen molar-refractivity contribution < 1.29 is 28.6 Å². The van der Waals surface area contributed by atoms with Crippen LogP contribution in [0.3, 0.4) is 0 Å². The zero-order valence-corrected chi connectivity index (χ0v) is 51.2. The first-order chi connectivity index (χ1) is 38.5. The molecule has 1 atom stereocenters. The SMILES string of the molecule is CC/C=C\C/C=C\C/C=C\C/C=C\C/C=C\CC(=O)OCC(COC(=O)CCCCCCCCCCCCCC/C=C\C/C=C\C/C=C\CCCCCCC)OC(=O)CCCCCCCCC/C=C\CCCCCCCCC. The molecule has 0 aliphatic heterocycles. The quantitative estimate of drug-likeness (QED) is 0.0261. The summed E-state index contributed by atoms with van der Waals surface area (Å²) in [5.41, 5.74) is 0. The molecule has 0 aliphatic rings. The molecule has 0 aromatic rings. The van der Waals surface area contributed by atoms with Crippen LogP contribution in [0.4, 0.5) is 0 Å². The number of hydrogen-bond donors (Lipinski definition) is 0. The summed E-state index contributed by atoms with van der Waals surface area (Å²) in [6.45, 7) is 6.44. The van der Waals surface area contributed by atoms with Gasteiger partial charge in [0, 0.05) is 12.8 Å². The molecule has 0 amide bonds. The maximum Gasteiger partial charge on any atom is 0.309 e. The summed E-state index contributed by atoms with van der Waals surface area (Å²) in [5, 5.41) is 0. The summed E-state index contributed by atoms with van der Waals surface area (Å²) in [5.74, 6) is -1.04. The summed E-state index contributed by atoms with van der Waals surface area (Å²) in [6.07, 6.45) is 89.8. The lowest BCUT2D eigenvalue weighted by atomic mass is 10.0. The fraction of sp³-hybridized carbons (Fsp3) is 0.708. The molecule has 0 spiro atoms. The third-order valence-electron chi connectivity index (χ3n) is 14.0. The van der Waals surface area contributed by atoms with Gasteiger partial charge in [0.1, 0.15) is 13.2 Å². The molecule has 0 bridgehead atoms. The van der Waals surface area contributed by atoms with Crippen LogP contribution in [0.25, 0.3) is 0 Å². The van der Waals surface area contributed by atoms with Crippen molar-refractivity contribution in [3.05, 3.63) is 109 Å². The van der Waals surface area contributed by atoms with E-state index >= 15 is 0 Å². The molecule has 6 nitrogen and oxygen atoms in total. The molecule has 446 valence electrons. The van der Waals surface area contributed by atoms with E-state index < -0.39 is 12.1 Å². The van der Waals surface area contributed by atoms with Crippen LogP contribution in [0.5, 0.6) is 0 Å². The lowest BCUT2D eigenvalue weighted by Gasteiger charge is -2.18. The third-order valence-corrected chi connectivity index (χ3v) is 14.0. The van der Waals surface area contributed by atoms with Crippen molar-refractivity contribution in [2.24, 2.45) is 0 Å². The van der Waals surface area contributed by atoms with Crippen molar-refractivity contribution in [1.29, 1.82) is 0 Å². The van der Waals surface area contributed by atoms with Crippen molar-refractivity contribution >= 4 is 17.9 Å². The molecule has 0 aromatic heterocycles. The molecule has 0 heterocycles. The Hall–Kier alpha value is -3.93. The Kier molecular flexibility index (Phi) is 62.3. The van der Waals surface area contributed by atoms with Gasteiger partial charge in [-0.3, -0.25) is 14.4 Å². The van der Waals surface area contributed by atoms with E-state index in [1.165, 1.54) is 186 Å². The Morgan fingerprint density at radius 3 is 0.910 bits per heavy atom. The first-order valence-electron chi connectivity index (χ1n) is 32.9. The fourth-order valence-corrected chi connectivity index (χ4v) is 9.11. The highest BCUT2D eigenvalue weighted by Crippen LogP contribution is 2.16. The van der Waals surface area contributed by atoms with E-state index in [-0.39, 0.29) is 31.6 Å². The maximum atomic E-state index is 12.9. The van der Waals surface area contributed by atoms with E-state index in [1.807, 2.05) is 6.08 Å². The molecule has 6 heteroatoms. The molecule has 0 N–H and O–H groups in total. The van der Waals surface area contributed by atoms with Crippen molar-refractivity contribution in [2.75, 3.05) is 13.2 Å². The highest BCUT2D eigenvalue weighted by Gasteiger charge is 2.19. The summed E-state index contributed by atoms with van der Waals surface area (Å²) in [4.78, 5) is 38.3. The van der Waals surface area contributed by atoms with Crippen molar-refractivity contribution in [3.63, 3.8) is 0 Å². The van der Waals surface area contributed by atoms with Gasteiger partial charge in [0.25, 0.3) is 0 Å².